The molecule has 1 nitrogen and oxygen atoms in total. The standard InChI is InChI=1S/C13H22O/c1-2-6-12(9-10-14)11-13-7-4-3-5-8-13/h2,6,10,12-13H,3-5,7-9,11H2,1H3/b6-2+. The molecule has 0 radical (unpaired) electrons. The van der Waals surface area contributed by atoms with Gasteiger partial charge >= 0.3 is 0 Å². The molecule has 0 heterocycles. The molecule has 0 spiro atoms. The van der Waals surface area contributed by atoms with E-state index in [0.717, 1.165) is 12.2 Å². The molecular formula is C13H22O. The highest BCUT2D eigenvalue weighted by Gasteiger charge is 2.16. The lowest BCUT2D eigenvalue weighted by atomic mass is 9.82. The Bertz CT molecular complexity index is 178. The third-order valence-electron chi connectivity index (χ3n) is 3.22. The van der Waals surface area contributed by atoms with Gasteiger partial charge < -0.3 is 4.79 Å². The van der Waals surface area contributed by atoms with Crippen LogP contribution in [0.2, 0.25) is 0 Å². The first-order valence-electron chi connectivity index (χ1n) is 5.93. The molecule has 1 heteroatoms. The summed E-state index contributed by atoms with van der Waals surface area (Å²) < 4.78 is 0. The molecule has 1 aliphatic carbocycles. The van der Waals surface area contributed by atoms with Crippen LogP contribution in [0.15, 0.2) is 12.2 Å². The predicted molar refractivity (Wildman–Crippen MR) is 60.2 cm³/mol. The van der Waals surface area contributed by atoms with Gasteiger partial charge in [0.1, 0.15) is 6.29 Å². The second kappa shape index (κ2) is 6.80. The molecule has 80 valence electrons. The van der Waals surface area contributed by atoms with E-state index < -0.39 is 0 Å². The second-order valence-electron chi connectivity index (χ2n) is 4.43. The fourth-order valence-electron chi connectivity index (χ4n) is 2.50. The molecular weight excluding hydrogens is 172 g/mol. The van der Waals surface area contributed by atoms with Crippen LogP contribution in [0.25, 0.3) is 0 Å². The number of hydrogen-bond acceptors (Lipinski definition) is 1. The van der Waals surface area contributed by atoms with Gasteiger partial charge in [0.15, 0.2) is 0 Å². The number of hydrogen-bond donors (Lipinski definition) is 0. The lowest BCUT2D eigenvalue weighted by Gasteiger charge is -2.24. The maximum atomic E-state index is 10.5. The predicted octanol–water partition coefficient (Wildman–Crippen LogP) is 3.74. The number of allylic oxidation sites excluding steroid dienone is 2. The minimum Gasteiger partial charge on any atom is -0.303 e. The third-order valence-corrected chi connectivity index (χ3v) is 3.22. The van der Waals surface area contributed by atoms with Crippen molar-refractivity contribution < 1.29 is 4.79 Å². The van der Waals surface area contributed by atoms with Gasteiger partial charge in [0.2, 0.25) is 0 Å². The van der Waals surface area contributed by atoms with Crippen molar-refractivity contribution in [2.45, 2.75) is 51.9 Å². The molecule has 1 saturated carbocycles. The Kier molecular flexibility index (Phi) is 5.58. The normalized spacial score (nSPS) is 21.2. The van der Waals surface area contributed by atoms with Crippen LogP contribution in [-0.2, 0) is 4.79 Å². The molecule has 0 N–H and O–H groups in total. The number of carbonyl (C=O) groups is 1. The molecule has 1 atom stereocenters. The zero-order chi connectivity index (χ0) is 10.2. The first-order chi connectivity index (χ1) is 6.86. The van der Waals surface area contributed by atoms with E-state index in [-0.39, 0.29) is 0 Å². The monoisotopic (exact) mass is 194 g/mol. The zero-order valence-electron chi connectivity index (χ0n) is 9.24. The minimum atomic E-state index is 0.501. The smallest absolute Gasteiger partial charge is 0.120 e. The molecule has 0 aromatic rings. The molecule has 1 rings (SSSR count). The van der Waals surface area contributed by atoms with E-state index in [1.54, 1.807) is 0 Å². The third kappa shape index (κ3) is 4.08. The minimum absolute atomic E-state index is 0.501. The lowest BCUT2D eigenvalue weighted by Crippen LogP contribution is -2.11. The van der Waals surface area contributed by atoms with Crippen molar-refractivity contribution in [2.75, 3.05) is 0 Å². The van der Waals surface area contributed by atoms with Crippen molar-refractivity contribution in [1.82, 2.24) is 0 Å². The van der Waals surface area contributed by atoms with E-state index in [0.29, 0.717) is 12.3 Å². The average molecular weight is 194 g/mol. The molecule has 1 aliphatic rings. The van der Waals surface area contributed by atoms with Crippen molar-refractivity contribution in [3.8, 4) is 0 Å². The van der Waals surface area contributed by atoms with Gasteiger partial charge in [-0.3, -0.25) is 0 Å². The second-order valence-corrected chi connectivity index (χ2v) is 4.43. The van der Waals surface area contributed by atoms with Gasteiger partial charge in [0.25, 0.3) is 0 Å². The summed E-state index contributed by atoms with van der Waals surface area (Å²) in [5.41, 5.74) is 0. The topological polar surface area (TPSA) is 17.1 Å². The SMILES string of the molecule is C/C=C/C(CC=O)CC1CCCCC1. The fourth-order valence-corrected chi connectivity index (χ4v) is 2.50. The Balaban J connectivity index is 2.32. The first-order valence-corrected chi connectivity index (χ1v) is 5.93. The molecule has 1 fully saturated rings. The lowest BCUT2D eigenvalue weighted by molar-refractivity contribution is -0.108. The van der Waals surface area contributed by atoms with Crippen LogP contribution in [0.5, 0.6) is 0 Å². The summed E-state index contributed by atoms with van der Waals surface area (Å²) in [6.07, 6.45) is 14.2. The van der Waals surface area contributed by atoms with E-state index in [9.17, 15) is 4.79 Å². The summed E-state index contributed by atoms with van der Waals surface area (Å²) in [6.45, 7) is 2.04. The maximum Gasteiger partial charge on any atom is 0.120 e. The molecule has 0 aromatic heterocycles. The van der Waals surface area contributed by atoms with Crippen molar-refractivity contribution in [3.63, 3.8) is 0 Å². The van der Waals surface area contributed by atoms with Gasteiger partial charge in [-0.25, -0.2) is 0 Å². The molecule has 14 heavy (non-hydrogen) atoms. The van der Waals surface area contributed by atoms with Crippen LogP contribution in [0.1, 0.15) is 51.9 Å². The fraction of sp³-hybridized carbons (Fsp3) is 0.769. The summed E-state index contributed by atoms with van der Waals surface area (Å²) in [5, 5.41) is 0. The molecule has 0 aromatic carbocycles. The molecule has 1 unspecified atom stereocenters. The largest absolute Gasteiger partial charge is 0.303 e. The summed E-state index contributed by atoms with van der Waals surface area (Å²) in [5.74, 6) is 1.38. The van der Waals surface area contributed by atoms with E-state index in [4.69, 9.17) is 0 Å². The van der Waals surface area contributed by atoms with Crippen LogP contribution in [0, 0.1) is 11.8 Å². The van der Waals surface area contributed by atoms with E-state index in [2.05, 4.69) is 12.2 Å². The highest BCUT2D eigenvalue weighted by atomic mass is 16.1. The van der Waals surface area contributed by atoms with Crippen LogP contribution in [0.4, 0.5) is 0 Å². The van der Waals surface area contributed by atoms with Gasteiger partial charge in [-0.15, -0.1) is 0 Å². The molecule has 0 bridgehead atoms. The van der Waals surface area contributed by atoms with Gasteiger partial charge in [0.05, 0.1) is 0 Å². The van der Waals surface area contributed by atoms with Crippen LogP contribution < -0.4 is 0 Å². The average Bonchev–Trinajstić information content (AvgIpc) is 2.20. The summed E-state index contributed by atoms with van der Waals surface area (Å²) in [4.78, 5) is 10.5. The van der Waals surface area contributed by atoms with Gasteiger partial charge in [-0.1, -0.05) is 44.3 Å². The van der Waals surface area contributed by atoms with Gasteiger partial charge in [0, 0.05) is 6.42 Å². The van der Waals surface area contributed by atoms with E-state index in [1.807, 2.05) is 6.92 Å². The Morgan fingerprint density at radius 2 is 2.00 bits per heavy atom. The summed E-state index contributed by atoms with van der Waals surface area (Å²) in [7, 11) is 0. The molecule has 0 aliphatic heterocycles. The highest BCUT2D eigenvalue weighted by molar-refractivity contribution is 5.50. The van der Waals surface area contributed by atoms with E-state index >= 15 is 0 Å². The quantitative estimate of drug-likeness (QED) is 0.481. The Morgan fingerprint density at radius 1 is 1.29 bits per heavy atom. The van der Waals surface area contributed by atoms with Crippen molar-refractivity contribution in [3.05, 3.63) is 12.2 Å². The van der Waals surface area contributed by atoms with Crippen LogP contribution in [0.3, 0.4) is 0 Å². The zero-order valence-corrected chi connectivity index (χ0v) is 9.24. The van der Waals surface area contributed by atoms with Crippen LogP contribution in [-0.4, -0.2) is 6.29 Å². The van der Waals surface area contributed by atoms with Gasteiger partial charge in [-0.05, 0) is 25.2 Å². The van der Waals surface area contributed by atoms with Crippen molar-refractivity contribution >= 4 is 6.29 Å². The molecule has 0 saturated heterocycles. The van der Waals surface area contributed by atoms with Crippen molar-refractivity contribution in [1.29, 1.82) is 0 Å². The van der Waals surface area contributed by atoms with Crippen molar-refractivity contribution in [2.24, 2.45) is 11.8 Å². The highest BCUT2D eigenvalue weighted by Crippen LogP contribution is 2.30. The maximum absolute atomic E-state index is 10.5. The molecule has 0 amide bonds. The first kappa shape index (κ1) is 11.5. The summed E-state index contributed by atoms with van der Waals surface area (Å²) >= 11 is 0. The Morgan fingerprint density at radius 3 is 2.57 bits per heavy atom. The van der Waals surface area contributed by atoms with Gasteiger partial charge in [-0.2, -0.15) is 0 Å². The number of carbonyl (C=O) groups excluding carboxylic acids is 1. The summed E-state index contributed by atoms with van der Waals surface area (Å²) in [6, 6.07) is 0. The van der Waals surface area contributed by atoms with Crippen LogP contribution >= 0.6 is 0 Å². The number of rotatable bonds is 5. The van der Waals surface area contributed by atoms with E-state index in [1.165, 1.54) is 38.5 Å². The Hall–Kier alpha value is -0.590. The number of aldehydes is 1. The Labute approximate surface area is 87.6 Å².